The van der Waals surface area contributed by atoms with Crippen molar-refractivity contribution in [1.29, 1.82) is 0 Å². The van der Waals surface area contributed by atoms with Crippen LogP contribution in [0.4, 0.5) is 10.2 Å². The summed E-state index contributed by atoms with van der Waals surface area (Å²) in [5.74, 6) is 0.874. The molecule has 1 aliphatic rings. The molecule has 29 heavy (non-hydrogen) atoms. The Kier molecular flexibility index (Phi) is 8.62. The number of nitrogens with zero attached hydrogens (tertiary/aromatic N) is 6. The molecule has 0 amide bonds. The minimum Gasteiger partial charge on any atom is -0.354 e. The van der Waals surface area contributed by atoms with E-state index in [1.54, 1.807) is 19.3 Å². The molecule has 2 N–H and O–H groups in total. The highest BCUT2D eigenvalue weighted by molar-refractivity contribution is 14.0. The van der Waals surface area contributed by atoms with Gasteiger partial charge in [0.25, 0.3) is 0 Å². The van der Waals surface area contributed by atoms with Crippen LogP contribution in [0, 0.1) is 5.82 Å². The van der Waals surface area contributed by atoms with Crippen molar-refractivity contribution in [3.8, 4) is 0 Å². The van der Waals surface area contributed by atoms with Crippen LogP contribution in [0.5, 0.6) is 0 Å². The molecule has 2 unspecified atom stereocenters. The minimum absolute atomic E-state index is 0. The van der Waals surface area contributed by atoms with Crippen LogP contribution in [0.1, 0.15) is 18.0 Å². The summed E-state index contributed by atoms with van der Waals surface area (Å²) in [4.78, 5) is 12.6. The number of nitrogens with one attached hydrogen (secondary N) is 2. The van der Waals surface area contributed by atoms with E-state index in [-0.39, 0.29) is 41.9 Å². The molecule has 160 valence electrons. The van der Waals surface area contributed by atoms with E-state index >= 15 is 0 Å². The van der Waals surface area contributed by atoms with E-state index in [0.29, 0.717) is 18.9 Å². The molecule has 3 heterocycles. The number of guanidine groups is 1. The van der Waals surface area contributed by atoms with Crippen LogP contribution in [0.15, 0.2) is 35.7 Å². The molecule has 1 fully saturated rings. The van der Waals surface area contributed by atoms with Crippen molar-refractivity contribution in [1.82, 2.24) is 30.3 Å². The molecular weight excluding hydrogens is 486 g/mol. The van der Waals surface area contributed by atoms with Gasteiger partial charge in [0.1, 0.15) is 0 Å². The Morgan fingerprint density at radius 1 is 1.45 bits per heavy atom. The molecule has 0 bridgehead atoms. The molecule has 2 aromatic rings. The molecular formula is C19H30FIN8. The van der Waals surface area contributed by atoms with Gasteiger partial charge in [-0.15, -0.1) is 24.0 Å². The number of hydrogen-bond donors (Lipinski definition) is 2. The summed E-state index contributed by atoms with van der Waals surface area (Å²) in [6.07, 6.45) is 6.44. The smallest absolute Gasteiger partial charge is 0.191 e. The number of pyridine rings is 1. The van der Waals surface area contributed by atoms with Crippen LogP contribution in [0.2, 0.25) is 0 Å². The highest BCUT2D eigenvalue weighted by atomic mass is 127. The summed E-state index contributed by atoms with van der Waals surface area (Å²) >= 11 is 0. The quantitative estimate of drug-likeness (QED) is 0.346. The number of halogens is 2. The van der Waals surface area contributed by atoms with Gasteiger partial charge in [-0.05, 0) is 32.6 Å². The van der Waals surface area contributed by atoms with Crippen LogP contribution >= 0.6 is 24.0 Å². The van der Waals surface area contributed by atoms with E-state index in [2.05, 4.69) is 30.6 Å². The number of anilines is 1. The van der Waals surface area contributed by atoms with Crippen LogP contribution < -0.4 is 15.5 Å². The van der Waals surface area contributed by atoms with E-state index in [4.69, 9.17) is 0 Å². The second kappa shape index (κ2) is 10.7. The first-order valence-electron chi connectivity index (χ1n) is 9.45. The highest BCUT2D eigenvalue weighted by Gasteiger charge is 2.26. The van der Waals surface area contributed by atoms with Gasteiger partial charge < -0.3 is 20.4 Å². The largest absolute Gasteiger partial charge is 0.354 e. The predicted molar refractivity (Wildman–Crippen MR) is 124 cm³/mol. The Labute approximate surface area is 188 Å². The Morgan fingerprint density at radius 2 is 2.24 bits per heavy atom. The lowest BCUT2D eigenvalue weighted by Gasteiger charge is -2.25. The summed E-state index contributed by atoms with van der Waals surface area (Å²) in [5.41, 5.74) is 1.15. The fraction of sp³-hybridized carbons (Fsp3) is 0.526. The third-order valence-electron chi connectivity index (χ3n) is 4.99. The maximum absolute atomic E-state index is 14.0. The van der Waals surface area contributed by atoms with Gasteiger partial charge in [0.15, 0.2) is 17.6 Å². The minimum atomic E-state index is -0.282. The summed E-state index contributed by atoms with van der Waals surface area (Å²) in [5, 5.41) is 11.1. The Bertz CT molecular complexity index is 809. The Balaban J connectivity index is 0.00000300. The molecule has 2 aromatic heterocycles. The molecule has 0 radical (unpaired) electrons. The van der Waals surface area contributed by atoms with Crippen molar-refractivity contribution in [2.24, 2.45) is 12.0 Å². The number of rotatable bonds is 6. The van der Waals surface area contributed by atoms with Gasteiger partial charge in [0, 0.05) is 57.7 Å². The van der Waals surface area contributed by atoms with Crippen LogP contribution in [0.3, 0.4) is 0 Å². The number of aromatic nitrogens is 3. The van der Waals surface area contributed by atoms with Crippen molar-refractivity contribution in [2.75, 3.05) is 45.7 Å². The zero-order chi connectivity index (χ0) is 20.1. The van der Waals surface area contributed by atoms with Crippen molar-refractivity contribution >= 4 is 35.8 Å². The van der Waals surface area contributed by atoms with E-state index < -0.39 is 0 Å². The normalized spacial score (nSPS) is 17.9. The van der Waals surface area contributed by atoms with Gasteiger partial charge in [-0.2, -0.15) is 5.10 Å². The monoisotopic (exact) mass is 516 g/mol. The maximum atomic E-state index is 14.0. The second-order valence-electron chi connectivity index (χ2n) is 7.26. The van der Waals surface area contributed by atoms with Crippen molar-refractivity contribution in [2.45, 2.75) is 18.5 Å². The molecule has 2 atom stereocenters. The molecule has 3 rings (SSSR count). The second-order valence-corrected chi connectivity index (χ2v) is 7.26. The standard InChI is InChI=1S/C19H29FN8.HI/c1-21-19(23-11-17(26(2)3)14-10-24-27(4)12-14)25-15-7-9-28(13-15)18-16(20)6-5-8-22-18;/h5-6,8,10,12,15,17H,7,9,11,13H2,1-4H3,(H2,21,23,25);1H. The van der Waals surface area contributed by atoms with E-state index in [0.717, 1.165) is 24.5 Å². The summed E-state index contributed by atoms with van der Waals surface area (Å²) in [7, 11) is 7.77. The average molecular weight is 516 g/mol. The van der Waals surface area contributed by atoms with Gasteiger partial charge in [-0.3, -0.25) is 9.67 Å². The zero-order valence-corrected chi connectivity index (χ0v) is 19.7. The SMILES string of the molecule is CN=C(NCC(c1cnn(C)c1)N(C)C)NC1CCN(c2ncccc2F)C1.I. The van der Waals surface area contributed by atoms with Gasteiger partial charge in [0.05, 0.1) is 12.2 Å². The van der Waals surface area contributed by atoms with Crippen molar-refractivity contribution in [3.05, 3.63) is 42.1 Å². The van der Waals surface area contributed by atoms with Crippen molar-refractivity contribution < 1.29 is 4.39 Å². The maximum Gasteiger partial charge on any atom is 0.191 e. The lowest BCUT2D eigenvalue weighted by atomic mass is 10.1. The third kappa shape index (κ3) is 6.01. The zero-order valence-electron chi connectivity index (χ0n) is 17.3. The molecule has 8 nitrogen and oxygen atoms in total. The average Bonchev–Trinajstić information content (AvgIpc) is 3.30. The molecule has 0 aliphatic carbocycles. The van der Waals surface area contributed by atoms with Crippen LogP contribution in [-0.2, 0) is 7.05 Å². The third-order valence-corrected chi connectivity index (χ3v) is 4.99. The molecule has 1 aliphatic heterocycles. The van der Waals surface area contributed by atoms with Gasteiger partial charge >= 0.3 is 0 Å². The van der Waals surface area contributed by atoms with Crippen LogP contribution in [0.25, 0.3) is 0 Å². The lowest BCUT2D eigenvalue weighted by molar-refractivity contribution is 0.298. The van der Waals surface area contributed by atoms with Crippen LogP contribution in [-0.4, -0.2) is 72.4 Å². The molecule has 1 saturated heterocycles. The topological polar surface area (TPSA) is 73.6 Å². The first kappa shape index (κ1) is 23.3. The summed E-state index contributed by atoms with van der Waals surface area (Å²) < 4.78 is 15.8. The number of hydrogen-bond acceptors (Lipinski definition) is 5. The molecule has 10 heteroatoms. The fourth-order valence-electron chi connectivity index (χ4n) is 3.47. The fourth-order valence-corrected chi connectivity index (χ4v) is 3.47. The summed E-state index contributed by atoms with van der Waals surface area (Å²) in [6.45, 7) is 2.15. The molecule has 0 saturated carbocycles. The summed E-state index contributed by atoms with van der Waals surface area (Å²) in [6, 6.07) is 3.42. The highest BCUT2D eigenvalue weighted by Crippen LogP contribution is 2.21. The van der Waals surface area contributed by atoms with Gasteiger partial charge in [-0.25, -0.2) is 9.37 Å². The molecule has 0 spiro atoms. The Morgan fingerprint density at radius 3 is 2.86 bits per heavy atom. The first-order chi connectivity index (χ1) is 13.5. The van der Waals surface area contributed by atoms with Gasteiger partial charge in [-0.1, -0.05) is 0 Å². The number of likely N-dealkylation sites (N-methyl/N-ethyl adjacent to an activating group) is 1. The van der Waals surface area contributed by atoms with E-state index in [1.165, 1.54) is 6.07 Å². The lowest BCUT2D eigenvalue weighted by Crippen LogP contribution is -2.46. The molecule has 0 aromatic carbocycles. The Hall–Kier alpha value is -1.95. The van der Waals surface area contributed by atoms with Gasteiger partial charge in [0.2, 0.25) is 0 Å². The number of aliphatic imine (C=N–C) groups is 1. The number of aryl methyl sites for hydroxylation is 1. The first-order valence-corrected chi connectivity index (χ1v) is 9.45. The van der Waals surface area contributed by atoms with Crippen molar-refractivity contribution in [3.63, 3.8) is 0 Å². The van der Waals surface area contributed by atoms with E-state index in [9.17, 15) is 4.39 Å². The predicted octanol–water partition coefficient (Wildman–Crippen LogP) is 1.62. The van der Waals surface area contributed by atoms with E-state index in [1.807, 2.05) is 43.1 Å².